The molecule has 1 atom stereocenters. The Labute approximate surface area is 147 Å². The molecular weight excluding hydrogens is 322 g/mol. The number of likely N-dealkylation sites (tertiary alicyclic amines) is 1. The van der Waals surface area contributed by atoms with Crippen LogP contribution < -0.4 is 5.32 Å². The van der Waals surface area contributed by atoms with Gasteiger partial charge in [0.2, 0.25) is 0 Å². The largest absolute Gasteiger partial charge is 0.378 e. The van der Waals surface area contributed by atoms with E-state index in [9.17, 15) is 4.21 Å². The lowest BCUT2D eigenvalue weighted by molar-refractivity contribution is 0.0264. The lowest BCUT2D eigenvalue weighted by Gasteiger charge is -2.34. The minimum absolute atomic E-state index is 0.375. The minimum atomic E-state index is -0.990. The number of hydrogen-bond acceptors (Lipinski definition) is 3. The Bertz CT molecular complexity index is 528. The first-order valence-electron chi connectivity index (χ1n) is 8.82. The van der Waals surface area contributed by atoms with E-state index in [1.807, 2.05) is 37.3 Å². The highest BCUT2D eigenvalue weighted by molar-refractivity contribution is 7.85. The predicted molar refractivity (Wildman–Crippen MR) is 99.9 cm³/mol. The normalized spacial score (nSPS) is 17.8. The number of benzene rings is 1. The quantitative estimate of drug-likeness (QED) is 0.605. The summed E-state index contributed by atoms with van der Waals surface area (Å²) in [6.45, 7) is 8.22. The van der Waals surface area contributed by atoms with Gasteiger partial charge in [-0.05, 0) is 38.8 Å². The van der Waals surface area contributed by atoms with Crippen LogP contribution in [-0.4, -0.2) is 59.7 Å². The molecule has 5 nitrogen and oxygen atoms in total. The monoisotopic (exact) mass is 351 g/mol. The van der Waals surface area contributed by atoms with Crippen molar-refractivity contribution in [3.05, 3.63) is 30.3 Å². The van der Waals surface area contributed by atoms with Gasteiger partial charge in [0, 0.05) is 36.9 Å². The molecule has 0 aliphatic carbocycles. The molecule has 134 valence electrons. The molecule has 0 amide bonds. The lowest BCUT2D eigenvalue weighted by Crippen LogP contribution is -2.47. The van der Waals surface area contributed by atoms with Crippen molar-refractivity contribution < 1.29 is 8.95 Å². The van der Waals surface area contributed by atoms with Crippen LogP contribution >= 0.6 is 0 Å². The second kappa shape index (κ2) is 10.5. The molecule has 1 aromatic rings. The fourth-order valence-corrected chi connectivity index (χ4v) is 3.77. The number of piperidine rings is 1. The highest BCUT2D eigenvalue weighted by Gasteiger charge is 2.21. The second-order valence-corrected chi connectivity index (χ2v) is 7.31. The molecule has 0 spiro atoms. The van der Waals surface area contributed by atoms with E-state index in [0.717, 1.165) is 49.9 Å². The summed E-state index contributed by atoms with van der Waals surface area (Å²) in [5.74, 6) is 1.48. The molecule has 1 heterocycles. The zero-order valence-electron chi connectivity index (χ0n) is 14.7. The van der Waals surface area contributed by atoms with E-state index in [4.69, 9.17) is 4.74 Å². The Kier molecular flexibility index (Phi) is 8.25. The molecule has 0 aromatic heterocycles. The number of ether oxygens (including phenoxy) is 1. The van der Waals surface area contributed by atoms with Gasteiger partial charge in [-0.1, -0.05) is 18.2 Å². The van der Waals surface area contributed by atoms with Crippen LogP contribution in [0.25, 0.3) is 0 Å². The number of hydrogen-bond donors (Lipinski definition) is 1. The summed E-state index contributed by atoms with van der Waals surface area (Å²) in [4.78, 5) is 7.82. The van der Waals surface area contributed by atoms with E-state index < -0.39 is 10.8 Å². The molecule has 1 fully saturated rings. The molecule has 0 radical (unpaired) electrons. The van der Waals surface area contributed by atoms with Gasteiger partial charge >= 0.3 is 0 Å². The predicted octanol–water partition coefficient (Wildman–Crippen LogP) is 2.26. The fourth-order valence-electron chi connectivity index (χ4n) is 2.82. The van der Waals surface area contributed by atoms with Crippen LogP contribution in [0.15, 0.2) is 40.2 Å². The van der Waals surface area contributed by atoms with Crippen LogP contribution in [0.1, 0.15) is 26.7 Å². The van der Waals surface area contributed by atoms with E-state index in [0.29, 0.717) is 18.4 Å². The molecule has 1 aliphatic rings. The van der Waals surface area contributed by atoms with Crippen LogP contribution in [0.4, 0.5) is 0 Å². The van der Waals surface area contributed by atoms with Crippen molar-refractivity contribution in [2.45, 2.75) is 37.7 Å². The molecule has 6 heteroatoms. The first-order chi connectivity index (χ1) is 11.7. The fraction of sp³-hybridized carbons (Fsp3) is 0.611. The first-order valence-corrected chi connectivity index (χ1v) is 10.1. The average Bonchev–Trinajstić information content (AvgIpc) is 2.62. The highest BCUT2D eigenvalue weighted by Crippen LogP contribution is 2.14. The number of nitrogens with zero attached hydrogens (tertiary/aromatic N) is 2. The van der Waals surface area contributed by atoms with E-state index in [1.54, 1.807) is 0 Å². The number of guanidine groups is 1. The molecule has 24 heavy (non-hydrogen) atoms. The van der Waals surface area contributed by atoms with Gasteiger partial charge in [0.05, 0.1) is 23.4 Å². The van der Waals surface area contributed by atoms with Crippen LogP contribution in [0.2, 0.25) is 0 Å². The van der Waals surface area contributed by atoms with E-state index >= 15 is 0 Å². The smallest absolute Gasteiger partial charge is 0.193 e. The number of nitrogens with one attached hydrogen (secondary N) is 1. The van der Waals surface area contributed by atoms with Gasteiger partial charge in [-0.3, -0.25) is 9.20 Å². The van der Waals surface area contributed by atoms with E-state index in [-0.39, 0.29) is 0 Å². The van der Waals surface area contributed by atoms with Gasteiger partial charge in [-0.25, -0.2) is 0 Å². The summed E-state index contributed by atoms with van der Waals surface area (Å²) in [5, 5.41) is 3.35. The molecule has 1 unspecified atom stereocenters. The first kappa shape index (κ1) is 18.9. The maximum absolute atomic E-state index is 12.3. The molecule has 1 aliphatic heterocycles. The molecule has 0 bridgehead atoms. The third-order valence-electron chi connectivity index (χ3n) is 4.02. The molecule has 0 saturated carbocycles. The van der Waals surface area contributed by atoms with E-state index in [1.165, 1.54) is 0 Å². The van der Waals surface area contributed by atoms with Crippen LogP contribution in [0.3, 0.4) is 0 Å². The maximum Gasteiger partial charge on any atom is 0.193 e. The van der Waals surface area contributed by atoms with Gasteiger partial charge in [-0.15, -0.1) is 0 Å². The SMILES string of the molecule is CCNC(=NCCS(=O)c1ccccc1)N1CCC(OCC)CC1. The Balaban J connectivity index is 1.86. The molecule has 1 saturated heterocycles. The Morgan fingerprint density at radius 3 is 2.62 bits per heavy atom. The van der Waals surface area contributed by atoms with Gasteiger partial charge in [0.25, 0.3) is 0 Å². The zero-order valence-corrected chi connectivity index (χ0v) is 15.6. The Morgan fingerprint density at radius 2 is 2.00 bits per heavy atom. The Hall–Kier alpha value is -1.40. The Morgan fingerprint density at radius 1 is 1.29 bits per heavy atom. The second-order valence-electron chi connectivity index (χ2n) is 5.74. The van der Waals surface area contributed by atoms with Crippen molar-refractivity contribution in [3.63, 3.8) is 0 Å². The zero-order chi connectivity index (χ0) is 17.2. The standard InChI is InChI=1S/C18H29N3O2S/c1-3-19-18(21-13-10-16(11-14-21)23-4-2)20-12-15-24(22)17-8-6-5-7-9-17/h5-9,16H,3-4,10-15H2,1-2H3,(H,19,20). The van der Waals surface area contributed by atoms with Crippen molar-refractivity contribution in [1.82, 2.24) is 10.2 Å². The number of aliphatic imine (C=N–C) groups is 1. The van der Waals surface area contributed by atoms with Crippen LogP contribution in [0.5, 0.6) is 0 Å². The van der Waals surface area contributed by atoms with Gasteiger partial charge in [-0.2, -0.15) is 0 Å². The topological polar surface area (TPSA) is 53.9 Å². The van der Waals surface area contributed by atoms with Crippen molar-refractivity contribution in [2.24, 2.45) is 4.99 Å². The van der Waals surface area contributed by atoms with Crippen LogP contribution in [0, 0.1) is 0 Å². The summed E-state index contributed by atoms with van der Waals surface area (Å²) in [5.41, 5.74) is 0. The molecule has 1 aromatic carbocycles. The van der Waals surface area contributed by atoms with Crippen LogP contribution in [-0.2, 0) is 15.5 Å². The summed E-state index contributed by atoms with van der Waals surface area (Å²) in [7, 11) is -0.990. The molecule has 1 N–H and O–H groups in total. The number of rotatable bonds is 7. The van der Waals surface area contributed by atoms with E-state index in [2.05, 4.69) is 22.1 Å². The summed E-state index contributed by atoms with van der Waals surface area (Å²) < 4.78 is 18.0. The van der Waals surface area contributed by atoms with Gasteiger partial charge in [0.1, 0.15) is 0 Å². The third-order valence-corrected chi connectivity index (χ3v) is 5.37. The summed E-state index contributed by atoms with van der Waals surface area (Å²) in [6.07, 6.45) is 2.45. The maximum atomic E-state index is 12.3. The van der Waals surface area contributed by atoms with Crippen molar-refractivity contribution >= 4 is 16.8 Å². The van der Waals surface area contributed by atoms with Gasteiger partial charge in [0.15, 0.2) is 5.96 Å². The van der Waals surface area contributed by atoms with Crippen molar-refractivity contribution in [2.75, 3.05) is 38.5 Å². The molecule has 2 rings (SSSR count). The minimum Gasteiger partial charge on any atom is -0.378 e. The highest BCUT2D eigenvalue weighted by atomic mass is 32.2. The van der Waals surface area contributed by atoms with Crippen molar-refractivity contribution in [1.29, 1.82) is 0 Å². The van der Waals surface area contributed by atoms with Gasteiger partial charge < -0.3 is 15.0 Å². The lowest BCUT2D eigenvalue weighted by atomic mass is 10.1. The molecular formula is C18H29N3O2S. The summed E-state index contributed by atoms with van der Waals surface area (Å²) >= 11 is 0. The van der Waals surface area contributed by atoms with Crippen molar-refractivity contribution in [3.8, 4) is 0 Å². The third kappa shape index (κ3) is 5.91. The average molecular weight is 352 g/mol. The summed E-state index contributed by atoms with van der Waals surface area (Å²) in [6, 6.07) is 9.59.